The number of aryl methyl sites for hydroxylation is 1. The molecule has 2 aliphatic rings. The first-order valence-corrected chi connectivity index (χ1v) is 14.9. The Hall–Kier alpha value is -4.49. The van der Waals surface area contributed by atoms with Gasteiger partial charge in [0.1, 0.15) is 11.6 Å². The number of hydrogen-bond donors (Lipinski definition) is 1. The van der Waals surface area contributed by atoms with E-state index in [1.165, 1.54) is 18.6 Å². The number of halogens is 3. The number of ether oxygens (including phenoxy) is 1. The van der Waals surface area contributed by atoms with Crippen LogP contribution < -0.4 is 10.2 Å². The van der Waals surface area contributed by atoms with Crippen molar-refractivity contribution in [1.29, 1.82) is 0 Å². The summed E-state index contributed by atoms with van der Waals surface area (Å²) in [5.41, 5.74) is 2.43. The van der Waals surface area contributed by atoms with Gasteiger partial charge in [-0.2, -0.15) is 14.3 Å². The van der Waals surface area contributed by atoms with Crippen LogP contribution in [0, 0.1) is 11.8 Å². The molecule has 16 heteroatoms. The van der Waals surface area contributed by atoms with E-state index < -0.39 is 27.7 Å². The monoisotopic (exact) mass is 613 g/mol. The van der Waals surface area contributed by atoms with Gasteiger partial charge in [0.15, 0.2) is 5.82 Å². The van der Waals surface area contributed by atoms with Crippen molar-refractivity contribution in [1.82, 2.24) is 33.9 Å². The largest absolute Gasteiger partial charge is 0.522 e. The Bertz CT molecular complexity index is 1800. The second-order valence-corrected chi connectivity index (χ2v) is 12.3. The van der Waals surface area contributed by atoms with Crippen LogP contribution in [0.2, 0.25) is 0 Å². The fraction of sp³-hybridized carbons (Fsp3) is 0.370. The van der Waals surface area contributed by atoms with Gasteiger partial charge in [-0.25, -0.2) is 23.4 Å². The van der Waals surface area contributed by atoms with Crippen LogP contribution in [0.5, 0.6) is 0 Å². The van der Waals surface area contributed by atoms with Crippen LogP contribution in [-0.4, -0.2) is 73.1 Å². The summed E-state index contributed by atoms with van der Waals surface area (Å²) in [5, 5.41) is 10.8. The minimum atomic E-state index is -4.68. The highest BCUT2D eigenvalue weighted by molar-refractivity contribution is 7.90. The highest BCUT2D eigenvalue weighted by atomic mass is 32.2. The second-order valence-electron chi connectivity index (χ2n) is 10.2. The molecular formula is C27H26F3N9O3S. The third-order valence-electron chi connectivity index (χ3n) is 6.95. The van der Waals surface area contributed by atoms with E-state index in [2.05, 4.69) is 47.0 Å². The molecule has 4 aromatic heterocycles. The van der Waals surface area contributed by atoms with Crippen molar-refractivity contribution in [3.05, 3.63) is 60.4 Å². The zero-order chi connectivity index (χ0) is 30.2. The van der Waals surface area contributed by atoms with Crippen molar-refractivity contribution in [2.45, 2.75) is 43.4 Å². The van der Waals surface area contributed by atoms with Gasteiger partial charge in [0.05, 0.1) is 52.3 Å². The van der Waals surface area contributed by atoms with Gasteiger partial charge in [-0.1, -0.05) is 11.8 Å². The van der Waals surface area contributed by atoms with Crippen molar-refractivity contribution < 1.29 is 26.3 Å². The first-order chi connectivity index (χ1) is 20.5. The zero-order valence-electron chi connectivity index (χ0n) is 22.9. The standard InChI is InChI=1S/C27H26F3N9O3S/c1-37-16-18(13-33-37)2-3-19-14-32-25(12-23(19)38-10-7-21(8-11-38)42-27(28,29)30)35-24-6-9-31-26(36-24)20-15-34-39(17-20)43(40,41)22-4-5-22/h6,9,12-17,21-22H,4-5,7-8,10-11H2,1H3,(H,31,32,35,36). The lowest BCUT2D eigenvalue weighted by Crippen LogP contribution is -2.39. The maximum atomic E-state index is 12.8. The van der Waals surface area contributed by atoms with Crippen LogP contribution in [-0.2, 0) is 21.8 Å². The molecule has 1 saturated heterocycles. The van der Waals surface area contributed by atoms with E-state index in [-0.39, 0.29) is 18.7 Å². The highest BCUT2D eigenvalue weighted by Gasteiger charge is 2.38. The SMILES string of the molecule is Cn1cc(C#Cc2cnc(Nc3ccnc(-c4cnn(S(=O)(=O)C5CC5)c4)n3)cc2N2CCC(OC(F)(F)F)CC2)cn1. The van der Waals surface area contributed by atoms with Crippen LogP contribution in [0.4, 0.5) is 30.5 Å². The minimum Gasteiger partial charge on any atom is -0.370 e. The molecule has 43 heavy (non-hydrogen) atoms. The number of nitrogens with one attached hydrogen (secondary N) is 1. The van der Waals surface area contributed by atoms with Crippen LogP contribution >= 0.6 is 0 Å². The number of aromatic nitrogens is 7. The maximum Gasteiger partial charge on any atom is 0.522 e. The van der Waals surface area contributed by atoms with Crippen LogP contribution in [0.3, 0.4) is 0 Å². The quantitative estimate of drug-likeness (QED) is 0.309. The number of piperidine rings is 1. The molecular weight excluding hydrogens is 587 g/mol. The summed E-state index contributed by atoms with van der Waals surface area (Å²) in [7, 11) is -1.74. The van der Waals surface area contributed by atoms with Crippen molar-refractivity contribution in [2.24, 2.45) is 7.05 Å². The summed E-state index contributed by atoms with van der Waals surface area (Å²) in [4.78, 5) is 15.2. The Morgan fingerprint density at radius 2 is 1.79 bits per heavy atom. The fourth-order valence-corrected chi connectivity index (χ4v) is 6.15. The normalized spacial score (nSPS) is 16.1. The predicted octanol–water partition coefficient (Wildman–Crippen LogP) is 3.46. The van der Waals surface area contributed by atoms with Gasteiger partial charge >= 0.3 is 6.36 Å². The Kier molecular flexibility index (Phi) is 7.52. The van der Waals surface area contributed by atoms with Crippen molar-refractivity contribution >= 4 is 27.3 Å². The summed E-state index contributed by atoms with van der Waals surface area (Å²) in [5.74, 6) is 7.25. The van der Waals surface area contributed by atoms with Crippen molar-refractivity contribution in [2.75, 3.05) is 23.3 Å². The van der Waals surface area contributed by atoms with E-state index in [1.807, 2.05) is 4.90 Å². The lowest BCUT2D eigenvalue weighted by Gasteiger charge is -2.34. The highest BCUT2D eigenvalue weighted by Crippen LogP contribution is 2.32. The molecule has 0 spiro atoms. The van der Waals surface area contributed by atoms with Gasteiger partial charge in [0.25, 0.3) is 10.0 Å². The summed E-state index contributed by atoms with van der Waals surface area (Å²) in [6.07, 6.45) is 5.35. The third kappa shape index (κ3) is 6.78. The lowest BCUT2D eigenvalue weighted by atomic mass is 10.1. The first-order valence-electron chi connectivity index (χ1n) is 13.4. The van der Waals surface area contributed by atoms with E-state index in [1.54, 1.807) is 42.5 Å². The van der Waals surface area contributed by atoms with Gasteiger partial charge in [-0.15, -0.1) is 13.2 Å². The predicted molar refractivity (Wildman–Crippen MR) is 150 cm³/mol. The molecule has 5 heterocycles. The lowest BCUT2D eigenvalue weighted by molar-refractivity contribution is -0.344. The molecule has 2 fully saturated rings. The van der Waals surface area contributed by atoms with Crippen LogP contribution in [0.15, 0.2) is 49.3 Å². The molecule has 1 N–H and O–H groups in total. The summed E-state index contributed by atoms with van der Waals surface area (Å²) in [6.45, 7) is 0.661. The number of hydrogen-bond acceptors (Lipinski definition) is 10. The number of pyridine rings is 1. The topological polar surface area (TPSA) is 133 Å². The van der Waals surface area contributed by atoms with E-state index in [4.69, 9.17) is 0 Å². The van der Waals surface area contributed by atoms with Crippen molar-refractivity contribution in [3.8, 4) is 23.2 Å². The second kappa shape index (κ2) is 11.3. The van der Waals surface area contributed by atoms with Gasteiger partial charge < -0.3 is 10.2 Å². The molecule has 6 rings (SSSR count). The Morgan fingerprint density at radius 1 is 1.00 bits per heavy atom. The molecule has 0 unspecified atom stereocenters. The fourth-order valence-electron chi connectivity index (χ4n) is 4.68. The molecule has 0 bridgehead atoms. The Labute approximate surface area is 245 Å². The smallest absolute Gasteiger partial charge is 0.370 e. The average molecular weight is 614 g/mol. The van der Waals surface area contributed by atoms with Crippen LogP contribution in [0.25, 0.3) is 11.4 Å². The van der Waals surface area contributed by atoms with Crippen LogP contribution in [0.1, 0.15) is 36.8 Å². The molecule has 224 valence electrons. The number of nitrogens with zero attached hydrogens (tertiary/aromatic N) is 8. The van der Waals surface area contributed by atoms with Gasteiger partial charge in [-0.3, -0.25) is 9.42 Å². The number of rotatable bonds is 7. The molecule has 12 nitrogen and oxygen atoms in total. The summed E-state index contributed by atoms with van der Waals surface area (Å²) in [6, 6.07) is 3.40. The van der Waals surface area contributed by atoms with E-state index in [0.717, 1.165) is 4.09 Å². The van der Waals surface area contributed by atoms with E-state index >= 15 is 0 Å². The average Bonchev–Trinajstić information content (AvgIpc) is 3.57. The van der Waals surface area contributed by atoms with Crippen molar-refractivity contribution in [3.63, 3.8) is 0 Å². The zero-order valence-corrected chi connectivity index (χ0v) is 23.7. The molecule has 1 saturated carbocycles. The minimum absolute atomic E-state index is 0.194. The molecule has 4 aromatic rings. The van der Waals surface area contributed by atoms with E-state index in [0.29, 0.717) is 59.9 Å². The third-order valence-corrected chi connectivity index (χ3v) is 8.98. The van der Waals surface area contributed by atoms with Gasteiger partial charge in [0.2, 0.25) is 0 Å². The summed E-state index contributed by atoms with van der Waals surface area (Å²) >= 11 is 0. The Morgan fingerprint density at radius 3 is 2.49 bits per heavy atom. The van der Waals surface area contributed by atoms with E-state index in [9.17, 15) is 21.6 Å². The molecule has 1 aliphatic heterocycles. The maximum absolute atomic E-state index is 12.8. The molecule has 0 aromatic carbocycles. The molecule has 0 radical (unpaired) electrons. The molecule has 1 aliphatic carbocycles. The summed E-state index contributed by atoms with van der Waals surface area (Å²) < 4.78 is 70.1. The first kappa shape index (κ1) is 28.6. The van der Waals surface area contributed by atoms with Gasteiger partial charge in [0, 0.05) is 44.8 Å². The molecule has 0 amide bonds. The van der Waals surface area contributed by atoms with Gasteiger partial charge in [-0.05, 0) is 31.7 Å². The number of alkyl halides is 3. The Balaban J connectivity index is 1.24. The number of anilines is 3. The molecule has 0 atom stereocenters.